The zero-order chi connectivity index (χ0) is 18.3. The highest BCUT2D eigenvalue weighted by Crippen LogP contribution is 2.34. The van der Waals surface area contributed by atoms with Crippen molar-refractivity contribution in [3.05, 3.63) is 71.0 Å². The molecule has 1 fully saturated rings. The van der Waals surface area contributed by atoms with Gasteiger partial charge in [0.05, 0.1) is 17.6 Å². The largest absolute Gasteiger partial charge is 0.323 e. The smallest absolute Gasteiger partial charge is 0.227 e. The second-order valence-electron chi connectivity index (χ2n) is 6.75. The van der Waals surface area contributed by atoms with E-state index in [0.717, 1.165) is 32.6 Å². The molecule has 2 heterocycles. The fourth-order valence-corrected chi connectivity index (χ4v) is 3.97. The first-order chi connectivity index (χ1) is 12.5. The molecule has 0 N–H and O–H groups in total. The van der Waals surface area contributed by atoms with Crippen molar-refractivity contribution in [1.82, 2.24) is 9.55 Å². The van der Waals surface area contributed by atoms with Crippen LogP contribution in [0.25, 0.3) is 11.0 Å². The first kappa shape index (κ1) is 17.0. The SMILES string of the molecule is C=C(Br)Cn1c(C2CC(=O)N(c3ccccc3C)C2)nc2ccccc21. The van der Waals surface area contributed by atoms with E-state index in [4.69, 9.17) is 4.98 Å². The maximum absolute atomic E-state index is 12.7. The molecule has 0 bridgehead atoms. The number of aryl methyl sites for hydroxylation is 1. The van der Waals surface area contributed by atoms with Crippen molar-refractivity contribution in [2.75, 3.05) is 11.4 Å². The van der Waals surface area contributed by atoms with Crippen LogP contribution in [-0.2, 0) is 11.3 Å². The lowest BCUT2D eigenvalue weighted by molar-refractivity contribution is -0.117. The predicted molar refractivity (Wildman–Crippen MR) is 109 cm³/mol. The summed E-state index contributed by atoms with van der Waals surface area (Å²) in [4.78, 5) is 19.5. The minimum absolute atomic E-state index is 0.0707. The van der Waals surface area contributed by atoms with Gasteiger partial charge in [-0.3, -0.25) is 4.79 Å². The van der Waals surface area contributed by atoms with Gasteiger partial charge in [-0.05, 0) is 30.7 Å². The summed E-state index contributed by atoms with van der Waals surface area (Å²) in [7, 11) is 0. The van der Waals surface area contributed by atoms with Gasteiger partial charge >= 0.3 is 0 Å². The molecule has 3 aromatic rings. The zero-order valence-corrected chi connectivity index (χ0v) is 16.2. The highest BCUT2D eigenvalue weighted by Gasteiger charge is 2.35. The van der Waals surface area contributed by atoms with Gasteiger partial charge in [0.25, 0.3) is 0 Å². The minimum atomic E-state index is 0.0707. The normalized spacial score (nSPS) is 17.2. The van der Waals surface area contributed by atoms with Crippen molar-refractivity contribution in [3.8, 4) is 0 Å². The number of benzene rings is 2. The molecule has 132 valence electrons. The highest BCUT2D eigenvalue weighted by atomic mass is 79.9. The molecule has 4 rings (SSSR count). The number of hydrogen-bond donors (Lipinski definition) is 0. The van der Waals surface area contributed by atoms with Crippen LogP contribution in [0.2, 0.25) is 0 Å². The van der Waals surface area contributed by atoms with Gasteiger partial charge in [0.15, 0.2) is 0 Å². The number of imidazole rings is 1. The first-order valence-corrected chi connectivity index (χ1v) is 9.48. The van der Waals surface area contributed by atoms with Crippen molar-refractivity contribution in [2.45, 2.75) is 25.8 Å². The van der Waals surface area contributed by atoms with E-state index in [1.807, 2.05) is 54.3 Å². The number of carbonyl (C=O) groups excluding carboxylic acids is 1. The van der Waals surface area contributed by atoms with Gasteiger partial charge in [-0.25, -0.2) is 4.98 Å². The van der Waals surface area contributed by atoms with Crippen LogP contribution in [0.5, 0.6) is 0 Å². The summed E-state index contributed by atoms with van der Waals surface area (Å²) in [5.41, 5.74) is 4.14. The van der Waals surface area contributed by atoms with E-state index in [0.29, 0.717) is 19.5 Å². The number of halogens is 1. The van der Waals surface area contributed by atoms with Gasteiger partial charge in [-0.2, -0.15) is 0 Å². The van der Waals surface area contributed by atoms with E-state index in [2.05, 4.69) is 33.1 Å². The molecule has 1 aromatic heterocycles. The number of allylic oxidation sites excluding steroid dienone is 1. The summed E-state index contributed by atoms with van der Waals surface area (Å²) < 4.78 is 3.06. The molecule has 1 aliphatic rings. The summed E-state index contributed by atoms with van der Waals surface area (Å²) in [6, 6.07) is 16.1. The Labute approximate surface area is 161 Å². The van der Waals surface area contributed by atoms with Crippen LogP contribution in [0, 0.1) is 6.92 Å². The van der Waals surface area contributed by atoms with Crippen molar-refractivity contribution < 1.29 is 4.79 Å². The van der Waals surface area contributed by atoms with Crippen molar-refractivity contribution >= 4 is 38.6 Å². The first-order valence-electron chi connectivity index (χ1n) is 8.69. The number of para-hydroxylation sites is 3. The Kier molecular flexibility index (Phi) is 4.41. The summed E-state index contributed by atoms with van der Waals surface area (Å²) in [5, 5.41) is 0. The van der Waals surface area contributed by atoms with E-state index in [-0.39, 0.29) is 11.8 Å². The number of nitrogens with zero attached hydrogens (tertiary/aromatic N) is 3. The van der Waals surface area contributed by atoms with E-state index in [9.17, 15) is 4.79 Å². The van der Waals surface area contributed by atoms with Gasteiger partial charge in [-0.15, -0.1) is 0 Å². The maximum Gasteiger partial charge on any atom is 0.227 e. The third-order valence-corrected chi connectivity index (χ3v) is 5.16. The minimum Gasteiger partial charge on any atom is -0.323 e. The molecule has 5 heteroatoms. The Bertz CT molecular complexity index is 1010. The number of anilines is 1. The average Bonchev–Trinajstić information content (AvgIpc) is 3.16. The maximum atomic E-state index is 12.7. The molecule has 4 nitrogen and oxygen atoms in total. The molecule has 0 saturated carbocycles. The van der Waals surface area contributed by atoms with Gasteiger partial charge in [0.1, 0.15) is 5.82 Å². The van der Waals surface area contributed by atoms with Gasteiger partial charge in [0.2, 0.25) is 5.91 Å². The third kappa shape index (κ3) is 2.97. The molecular formula is C21H20BrN3O. The second-order valence-corrected chi connectivity index (χ2v) is 7.88. The summed E-state index contributed by atoms with van der Waals surface area (Å²) in [6.45, 7) is 7.32. The number of fused-ring (bicyclic) bond motifs is 1. The molecular weight excluding hydrogens is 390 g/mol. The Morgan fingerprint density at radius 3 is 2.73 bits per heavy atom. The molecule has 1 unspecified atom stereocenters. The molecule has 2 aromatic carbocycles. The molecule has 1 amide bonds. The van der Waals surface area contributed by atoms with Crippen molar-refractivity contribution in [3.63, 3.8) is 0 Å². The molecule has 0 aliphatic carbocycles. The predicted octanol–water partition coefficient (Wildman–Crippen LogP) is 4.77. The van der Waals surface area contributed by atoms with Crippen LogP contribution in [0.3, 0.4) is 0 Å². The summed E-state index contributed by atoms with van der Waals surface area (Å²) in [6.07, 6.45) is 0.479. The van der Waals surface area contributed by atoms with E-state index in [1.165, 1.54) is 0 Å². The zero-order valence-electron chi connectivity index (χ0n) is 14.7. The molecule has 1 saturated heterocycles. The van der Waals surface area contributed by atoms with Crippen LogP contribution in [0.1, 0.15) is 23.7 Å². The number of hydrogen-bond acceptors (Lipinski definition) is 2. The average molecular weight is 410 g/mol. The number of aromatic nitrogens is 2. The summed E-state index contributed by atoms with van der Waals surface area (Å²) in [5.74, 6) is 1.18. The van der Waals surface area contributed by atoms with E-state index < -0.39 is 0 Å². The van der Waals surface area contributed by atoms with Crippen LogP contribution >= 0.6 is 15.9 Å². The fourth-order valence-electron chi connectivity index (χ4n) is 3.72. The Morgan fingerprint density at radius 2 is 1.96 bits per heavy atom. The third-order valence-electron chi connectivity index (χ3n) is 4.91. The Morgan fingerprint density at radius 1 is 1.23 bits per heavy atom. The van der Waals surface area contributed by atoms with Crippen molar-refractivity contribution in [2.24, 2.45) is 0 Å². The number of rotatable bonds is 4. The van der Waals surface area contributed by atoms with E-state index in [1.54, 1.807) is 0 Å². The van der Waals surface area contributed by atoms with Crippen LogP contribution in [0.4, 0.5) is 5.69 Å². The lowest BCUT2D eigenvalue weighted by Gasteiger charge is -2.19. The topological polar surface area (TPSA) is 38.1 Å². The lowest BCUT2D eigenvalue weighted by Crippen LogP contribution is -2.25. The quantitative estimate of drug-likeness (QED) is 0.621. The molecule has 26 heavy (non-hydrogen) atoms. The van der Waals surface area contributed by atoms with Gasteiger partial charge in [0, 0.05) is 29.1 Å². The molecule has 1 aliphatic heterocycles. The van der Waals surface area contributed by atoms with E-state index >= 15 is 0 Å². The van der Waals surface area contributed by atoms with Crippen LogP contribution in [-0.4, -0.2) is 22.0 Å². The Balaban J connectivity index is 1.73. The number of amides is 1. The summed E-state index contributed by atoms with van der Waals surface area (Å²) >= 11 is 3.47. The second kappa shape index (κ2) is 6.72. The van der Waals surface area contributed by atoms with Crippen molar-refractivity contribution in [1.29, 1.82) is 0 Å². The molecule has 0 radical (unpaired) electrons. The van der Waals surface area contributed by atoms with Crippen LogP contribution < -0.4 is 4.90 Å². The van der Waals surface area contributed by atoms with Crippen LogP contribution in [0.15, 0.2) is 59.6 Å². The highest BCUT2D eigenvalue weighted by molar-refractivity contribution is 9.11. The van der Waals surface area contributed by atoms with Gasteiger partial charge < -0.3 is 9.47 Å². The number of carbonyl (C=O) groups is 1. The molecule has 1 atom stereocenters. The monoisotopic (exact) mass is 409 g/mol. The lowest BCUT2D eigenvalue weighted by atomic mass is 10.1. The molecule has 0 spiro atoms. The standard InChI is InChI=1S/C21H20BrN3O/c1-14-7-3-5-9-18(14)24-13-16(11-20(24)26)21-23-17-8-4-6-10-19(17)25(21)12-15(2)22/h3-10,16H,2,11-13H2,1H3. The fraction of sp³-hybridized carbons (Fsp3) is 0.238. The van der Waals surface area contributed by atoms with Gasteiger partial charge in [-0.1, -0.05) is 52.8 Å². The Hall–Kier alpha value is -2.40.